The van der Waals surface area contributed by atoms with Crippen molar-refractivity contribution < 1.29 is 9.90 Å². The normalized spacial score (nSPS) is 10.7. The first kappa shape index (κ1) is 14.2. The van der Waals surface area contributed by atoms with Gasteiger partial charge in [0, 0.05) is 13.0 Å². The summed E-state index contributed by atoms with van der Waals surface area (Å²) in [5, 5.41) is 16.8. The number of rotatable bonds is 7. The van der Waals surface area contributed by atoms with Crippen LogP contribution in [-0.2, 0) is 24.2 Å². The van der Waals surface area contributed by atoms with Crippen molar-refractivity contribution in [1.82, 2.24) is 15.0 Å². The Kier molecular flexibility index (Phi) is 4.87. The standard InChI is InChI=1S/C15H19N3O2/c1-12-14(9-10-15(19)20)16-17-18(12)11-5-8-13-6-3-2-4-7-13/h2-4,6-7H,5,8-11H2,1H3,(H,19,20). The van der Waals surface area contributed by atoms with Crippen LogP contribution >= 0.6 is 0 Å². The highest BCUT2D eigenvalue weighted by atomic mass is 16.4. The Morgan fingerprint density at radius 2 is 2.00 bits per heavy atom. The molecule has 1 aromatic heterocycles. The summed E-state index contributed by atoms with van der Waals surface area (Å²) in [4.78, 5) is 10.6. The van der Waals surface area contributed by atoms with Gasteiger partial charge in [0.2, 0.25) is 0 Å². The molecule has 0 radical (unpaired) electrons. The van der Waals surface area contributed by atoms with E-state index in [1.54, 1.807) is 0 Å². The van der Waals surface area contributed by atoms with Crippen molar-refractivity contribution in [3.63, 3.8) is 0 Å². The van der Waals surface area contributed by atoms with Crippen molar-refractivity contribution in [1.29, 1.82) is 0 Å². The van der Waals surface area contributed by atoms with Gasteiger partial charge in [-0.25, -0.2) is 4.68 Å². The first-order valence-corrected chi connectivity index (χ1v) is 6.81. The lowest BCUT2D eigenvalue weighted by molar-refractivity contribution is -0.136. The molecule has 0 bridgehead atoms. The summed E-state index contributed by atoms with van der Waals surface area (Å²) in [5.41, 5.74) is 3.07. The molecule has 1 N–H and O–H groups in total. The summed E-state index contributed by atoms with van der Waals surface area (Å²) < 4.78 is 1.86. The quantitative estimate of drug-likeness (QED) is 0.840. The van der Waals surface area contributed by atoms with Crippen LogP contribution in [0.3, 0.4) is 0 Å². The number of aliphatic carboxylic acids is 1. The number of carboxylic acids is 1. The van der Waals surface area contributed by atoms with E-state index in [1.165, 1.54) is 5.56 Å². The fourth-order valence-electron chi connectivity index (χ4n) is 2.14. The number of hydrogen-bond donors (Lipinski definition) is 1. The van der Waals surface area contributed by atoms with E-state index in [1.807, 2.05) is 29.8 Å². The molecule has 5 nitrogen and oxygen atoms in total. The Bertz CT molecular complexity index is 564. The molecular formula is C15H19N3O2. The maximum absolute atomic E-state index is 10.6. The van der Waals surface area contributed by atoms with Crippen molar-refractivity contribution in [3.8, 4) is 0 Å². The van der Waals surface area contributed by atoms with E-state index in [-0.39, 0.29) is 6.42 Å². The van der Waals surface area contributed by atoms with Crippen LogP contribution in [0.1, 0.15) is 29.8 Å². The zero-order valence-electron chi connectivity index (χ0n) is 11.6. The molecule has 1 aromatic carbocycles. The van der Waals surface area contributed by atoms with Crippen LogP contribution in [0.25, 0.3) is 0 Å². The lowest BCUT2D eigenvalue weighted by Crippen LogP contribution is -2.05. The molecule has 0 spiro atoms. The van der Waals surface area contributed by atoms with E-state index in [0.29, 0.717) is 6.42 Å². The van der Waals surface area contributed by atoms with Crippen molar-refractivity contribution in [2.45, 2.75) is 39.2 Å². The summed E-state index contributed by atoms with van der Waals surface area (Å²) in [6.07, 6.45) is 2.54. The fourth-order valence-corrected chi connectivity index (χ4v) is 2.14. The van der Waals surface area contributed by atoms with Crippen molar-refractivity contribution >= 4 is 5.97 Å². The Morgan fingerprint density at radius 3 is 2.70 bits per heavy atom. The third kappa shape index (κ3) is 3.91. The van der Waals surface area contributed by atoms with Gasteiger partial charge in [0.1, 0.15) is 0 Å². The van der Waals surface area contributed by atoms with Crippen LogP contribution in [-0.4, -0.2) is 26.1 Å². The third-order valence-corrected chi connectivity index (χ3v) is 3.33. The first-order chi connectivity index (χ1) is 9.66. The number of carboxylic acid groups (broad SMARTS) is 1. The number of benzene rings is 1. The van der Waals surface area contributed by atoms with Gasteiger partial charge >= 0.3 is 5.97 Å². The molecule has 106 valence electrons. The van der Waals surface area contributed by atoms with Gasteiger partial charge in [-0.2, -0.15) is 0 Å². The molecule has 0 saturated heterocycles. The largest absolute Gasteiger partial charge is 0.481 e. The zero-order chi connectivity index (χ0) is 14.4. The van der Waals surface area contributed by atoms with E-state index in [0.717, 1.165) is 30.8 Å². The average Bonchev–Trinajstić information content (AvgIpc) is 2.79. The molecule has 1 heterocycles. The second-order valence-electron chi connectivity index (χ2n) is 4.83. The van der Waals surface area contributed by atoms with Crippen LogP contribution in [0.5, 0.6) is 0 Å². The predicted octanol–water partition coefficient (Wildman–Crippen LogP) is 2.24. The summed E-state index contributed by atoms with van der Waals surface area (Å²) >= 11 is 0. The molecular weight excluding hydrogens is 254 g/mol. The summed E-state index contributed by atoms with van der Waals surface area (Å²) in [5.74, 6) is -0.803. The highest BCUT2D eigenvalue weighted by molar-refractivity contribution is 5.66. The van der Waals surface area contributed by atoms with Gasteiger partial charge in [0.25, 0.3) is 0 Å². The molecule has 0 fully saturated rings. The molecule has 2 rings (SSSR count). The zero-order valence-corrected chi connectivity index (χ0v) is 11.6. The van der Waals surface area contributed by atoms with Gasteiger partial charge < -0.3 is 5.11 Å². The summed E-state index contributed by atoms with van der Waals surface area (Å²) in [6.45, 7) is 2.75. The highest BCUT2D eigenvalue weighted by Gasteiger charge is 2.09. The third-order valence-electron chi connectivity index (χ3n) is 3.33. The van der Waals surface area contributed by atoms with E-state index in [9.17, 15) is 4.79 Å². The van der Waals surface area contributed by atoms with Crippen LogP contribution in [0.4, 0.5) is 0 Å². The van der Waals surface area contributed by atoms with Gasteiger partial charge in [-0.1, -0.05) is 35.5 Å². The van der Waals surface area contributed by atoms with Crippen LogP contribution < -0.4 is 0 Å². The molecule has 2 aromatic rings. The topological polar surface area (TPSA) is 68.0 Å². The van der Waals surface area contributed by atoms with Crippen LogP contribution in [0, 0.1) is 6.92 Å². The van der Waals surface area contributed by atoms with E-state index in [4.69, 9.17) is 5.11 Å². The molecule has 0 aliphatic heterocycles. The lowest BCUT2D eigenvalue weighted by Gasteiger charge is -2.04. The summed E-state index contributed by atoms with van der Waals surface area (Å²) in [7, 11) is 0. The molecule has 20 heavy (non-hydrogen) atoms. The highest BCUT2D eigenvalue weighted by Crippen LogP contribution is 2.09. The second-order valence-corrected chi connectivity index (χ2v) is 4.83. The number of hydrogen-bond acceptors (Lipinski definition) is 3. The Hall–Kier alpha value is -2.17. The Labute approximate surface area is 118 Å². The molecule has 0 aliphatic rings. The first-order valence-electron chi connectivity index (χ1n) is 6.81. The van der Waals surface area contributed by atoms with Crippen molar-refractivity contribution in [2.75, 3.05) is 0 Å². The van der Waals surface area contributed by atoms with Crippen molar-refractivity contribution in [3.05, 3.63) is 47.3 Å². The van der Waals surface area contributed by atoms with Crippen molar-refractivity contribution in [2.24, 2.45) is 0 Å². The average molecular weight is 273 g/mol. The SMILES string of the molecule is Cc1c(CCC(=O)O)nnn1CCCc1ccccc1. The monoisotopic (exact) mass is 273 g/mol. The number of carbonyl (C=O) groups is 1. The van der Waals surface area contributed by atoms with Crippen LogP contribution in [0.15, 0.2) is 30.3 Å². The molecule has 0 unspecified atom stereocenters. The maximum Gasteiger partial charge on any atom is 0.303 e. The number of aromatic nitrogens is 3. The van der Waals surface area contributed by atoms with Gasteiger partial charge in [-0.15, -0.1) is 5.10 Å². The lowest BCUT2D eigenvalue weighted by atomic mass is 10.1. The van der Waals surface area contributed by atoms with Gasteiger partial charge in [0.15, 0.2) is 0 Å². The van der Waals surface area contributed by atoms with Crippen LogP contribution in [0.2, 0.25) is 0 Å². The molecule has 0 atom stereocenters. The predicted molar refractivity (Wildman–Crippen MR) is 75.5 cm³/mol. The van der Waals surface area contributed by atoms with E-state index < -0.39 is 5.97 Å². The van der Waals surface area contributed by atoms with E-state index in [2.05, 4.69) is 22.4 Å². The molecule has 0 aliphatic carbocycles. The maximum atomic E-state index is 10.6. The Morgan fingerprint density at radius 1 is 1.25 bits per heavy atom. The smallest absolute Gasteiger partial charge is 0.303 e. The van der Waals surface area contributed by atoms with Gasteiger partial charge in [-0.05, 0) is 25.3 Å². The van der Waals surface area contributed by atoms with Gasteiger partial charge in [0.05, 0.1) is 17.8 Å². The van der Waals surface area contributed by atoms with E-state index >= 15 is 0 Å². The Balaban J connectivity index is 1.85. The minimum atomic E-state index is -0.803. The minimum absolute atomic E-state index is 0.101. The molecule has 0 saturated carbocycles. The molecule has 5 heteroatoms. The fraction of sp³-hybridized carbons (Fsp3) is 0.400. The number of nitrogens with zero attached hydrogens (tertiary/aromatic N) is 3. The second kappa shape index (κ2) is 6.84. The van der Waals surface area contributed by atoms with Gasteiger partial charge in [-0.3, -0.25) is 4.79 Å². The number of aryl methyl sites for hydroxylation is 3. The minimum Gasteiger partial charge on any atom is -0.481 e. The molecule has 0 amide bonds. The summed E-state index contributed by atoms with van der Waals surface area (Å²) in [6, 6.07) is 10.3.